The van der Waals surface area contributed by atoms with E-state index in [1.54, 1.807) is 17.0 Å². The second-order valence-corrected chi connectivity index (χ2v) is 7.53. The fourth-order valence-electron chi connectivity index (χ4n) is 3.74. The van der Waals surface area contributed by atoms with E-state index in [2.05, 4.69) is 10.1 Å². The van der Waals surface area contributed by atoms with E-state index in [0.717, 1.165) is 35.4 Å². The number of alkyl halides is 3. The van der Waals surface area contributed by atoms with E-state index >= 15 is 0 Å². The summed E-state index contributed by atoms with van der Waals surface area (Å²) in [5, 5.41) is 3.86. The molecule has 0 radical (unpaired) electrons. The van der Waals surface area contributed by atoms with Crippen LogP contribution in [0.2, 0.25) is 0 Å². The molecule has 8 heteroatoms. The quantitative estimate of drug-likeness (QED) is 0.622. The van der Waals surface area contributed by atoms with Crippen LogP contribution in [0.5, 0.6) is 0 Å². The van der Waals surface area contributed by atoms with Gasteiger partial charge in [0.05, 0.1) is 11.9 Å². The average molecular weight is 402 g/mol. The first-order chi connectivity index (χ1) is 13.8. The van der Waals surface area contributed by atoms with Crippen LogP contribution in [0.25, 0.3) is 16.9 Å². The van der Waals surface area contributed by atoms with Crippen LogP contribution < -0.4 is 0 Å². The van der Waals surface area contributed by atoms with Gasteiger partial charge >= 0.3 is 6.18 Å². The fourth-order valence-corrected chi connectivity index (χ4v) is 3.74. The van der Waals surface area contributed by atoms with Crippen LogP contribution in [0.4, 0.5) is 13.2 Å². The molecule has 3 heterocycles. The number of carbonyl (C=O) groups is 1. The van der Waals surface area contributed by atoms with Crippen molar-refractivity contribution in [1.82, 2.24) is 19.5 Å². The minimum absolute atomic E-state index is 0.0357. The molecule has 29 heavy (non-hydrogen) atoms. The van der Waals surface area contributed by atoms with Crippen LogP contribution >= 0.6 is 0 Å². The Morgan fingerprint density at radius 1 is 1.17 bits per heavy atom. The third-order valence-electron chi connectivity index (χ3n) is 5.40. The van der Waals surface area contributed by atoms with Crippen molar-refractivity contribution in [2.24, 2.45) is 0 Å². The van der Waals surface area contributed by atoms with Gasteiger partial charge in [0, 0.05) is 18.2 Å². The maximum absolute atomic E-state index is 13.7. The van der Waals surface area contributed by atoms with Gasteiger partial charge in [-0.25, -0.2) is 9.50 Å². The highest BCUT2D eigenvalue weighted by Crippen LogP contribution is 2.33. The molecular weight excluding hydrogens is 381 g/mol. The summed E-state index contributed by atoms with van der Waals surface area (Å²) in [4.78, 5) is 19.2. The van der Waals surface area contributed by atoms with Crippen molar-refractivity contribution >= 4 is 11.6 Å². The summed E-state index contributed by atoms with van der Waals surface area (Å²) in [6.45, 7) is 4.44. The lowest BCUT2D eigenvalue weighted by molar-refractivity contribution is -0.142. The molecule has 152 valence electrons. The second-order valence-electron chi connectivity index (χ2n) is 7.53. The van der Waals surface area contributed by atoms with Gasteiger partial charge in [0.2, 0.25) is 0 Å². The number of rotatable bonds is 2. The summed E-state index contributed by atoms with van der Waals surface area (Å²) in [7, 11) is 0. The number of halogens is 3. The van der Waals surface area contributed by atoms with E-state index in [1.165, 1.54) is 6.20 Å². The van der Waals surface area contributed by atoms with Gasteiger partial charge in [-0.2, -0.15) is 18.3 Å². The van der Waals surface area contributed by atoms with E-state index in [9.17, 15) is 18.0 Å². The first-order valence-electron chi connectivity index (χ1n) is 9.59. The van der Waals surface area contributed by atoms with Crippen molar-refractivity contribution < 1.29 is 18.0 Å². The van der Waals surface area contributed by atoms with Crippen molar-refractivity contribution in [2.45, 2.75) is 45.3 Å². The molecule has 3 aromatic rings. The molecule has 1 atom stereocenters. The van der Waals surface area contributed by atoms with Gasteiger partial charge < -0.3 is 4.90 Å². The Balaban J connectivity index is 1.88. The Kier molecular flexibility index (Phi) is 4.80. The Morgan fingerprint density at radius 2 is 1.90 bits per heavy atom. The van der Waals surface area contributed by atoms with Crippen molar-refractivity contribution in [3.63, 3.8) is 0 Å². The van der Waals surface area contributed by atoms with Gasteiger partial charge in [-0.3, -0.25) is 4.79 Å². The molecule has 0 saturated carbocycles. The molecule has 1 aliphatic rings. The molecule has 0 aliphatic carbocycles. The molecule has 0 bridgehead atoms. The number of nitrogens with zero attached hydrogens (tertiary/aromatic N) is 4. The van der Waals surface area contributed by atoms with Crippen LogP contribution in [0.15, 0.2) is 36.5 Å². The SMILES string of the molecule is Cc1ccc(-c2cc(C(F)(F)F)n3ncc(C(=O)N4CCCC[C@H]4C)c3n2)cc1. The van der Waals surface area contributed by atoms with Gasteiger partial charge in [-0.05, 0) is 39.2 Å². The third-order valence-corrected chi connectivity index (χ3v) is 5.40. The topological polar surface area (TPSA) is 50.5 Å². The Bertz CT molecular complexity index is 1060. The summed E-state index contributed by atoms with van der Waals surface area (Å²) >= 11 is 0. The van der Waals surface area contributed by atoms with Crippen molar-refractivity contribution in [3.8, 4) is 11.3 Å². The van der Waals surface area contributed by atoms with Crippen molar-refractivity contribution in [1.29, 1.82) is 0 Å². The number of fused-ring (bicyclic) bond motifs is 1. The molecular formula is C21H21F3N4O. The Labute approximate surface area is 166 Å². The summed E-state index contributed by atoms with van der Waals surface area (Å²) in [6, 6.07) is 8.08. The maximum atomic E-state index is 13.7. The van der Waals surface area contributed by atoms with Crippen molar-refractivity contribution in [2.75, 3.05) is 6.54 Å². The maximum Gasteiger partial charge on any atom is 0.433 e. The molecule has 0 N–H and O–H groups in total. The zero-order valence-electron chi connectivity index (χ0n) is 16.2. The fraction of sp³-hybridized carbons (Fsp3) is 0.381. The minimum atomic E-state index is -4.63. The first kappa shape index (κ1) is 19.4. The van der Waals surface area contributed by atoms with Gasteiger partial charge in [0.25, 0.3) is 5.91 Å². The molecule has 1 amide bonds. The van der Waals surface area contributed by atoms with Gasteiger partial charge in [-0.15, -0.1) is 0 Å². The van der Waals surface area contributed by atoms with E-state index < -0.39 is 11.9 Å². The number of piperidine rings is 1. The van der Waals surface area contributed by atoms with Gasteiger partial charge in [0.1, 0.15) is 5.56 Å². The number of hydrogen-bond donors (Lipinski definition) is 0. The molecule has 5 nitrogen and oxygen atoms in total. The van der Waals surface area contributed by atoms with Crippen LogP contribution in [0.3, 0.4) is 0 Å². The van der Waals surface area contributed by atoms with Crippen molar-refractivity contribution in [3.05, 3.63) is 53.3 Å². The Hall–Kier alpha value is -2.90. The lowest BCUT2D eigenvalue weighted by Gasteiger charge is -2.33. The summed E-state index contributed by atoms with van der Waals surface area (Å²) in [6.07, 6.45) is -0.648. The first-order valence-corrected chi connectivity index (χ1v) is 9.59. The smallest absolute Gasteiger partial charge is 0.336 e. The monoisotopic (exact) mass is 402 g/mol. The summed E-state index contributed by atoms with van der Waals surface area (Å²) in [5.74, 6) is -0.325. The van der Waals surface area contributed by atoms with Gasteiger partial charge in [-0.1, -0.05) is 29.8 Å². The van der Waals surface area contributed by atoms with E-state index in [0.29, 0.717) is 12.1 Å². The predicted molar refractivity (Wildman–Crippen MR) is 103 cm³/mol. The largest absolute Gasteiger partial charge is 0.433 e. The minimum Gasteiger partial charge on any atom is -0.336 e. The molecule has 1 aromatic carbocycles. The third kappa shape index (κ3) is 3.59. The number of carbonyl (C=O) groups excluding carboxylic acids is 1. The van der Waals surface area contributed by atoms with E-state index in [1.807, 2.05) is 26.0 Å². The van der Waals surface area contributed by atoms with Gasteiger partial charge in [0.15, 0.2) is 11.3 Å². The molecule has 0 spiro atoms. The molecule has 1 aliphatic heterocycles. The lowest BCUT2D eigenvalue weighted by Crippen LogP contribution is -2.42. The number of benzene rings is 1. The molecule has 0 unspecified atom stereocenters. The van der Waals surface area contributed by atoms with Crippen LogP contribution in [0.1, 0.15) is 47.8 Å². The van der Waals surface area contributed by atoms with E-state index in [4.69, 9.17) is 0 Å². The number of aryl methyl sites for hydroxylation is 1. The highest BCUT2D eigenvalue weighted by atomic mass is 19.4. The zero-order valence-corrected chi connectivity index (χ0v) is 16.2. The summed E-state index contributed by atoms with van der Waals surface area (Å²) in [5.41, 5.74) is 0.769. The van der Waals surface area contributed by atoms with Crippen LogP contribution in [-0.2, 0) is 6.18 Å². The standard InChI is InChI=1S/C21H21F3N4O/c1-13-6-8-15(9-7-13)17-11-18(21(22,23)24)28-19(26-17)16(12-25-28)20(29)27-10-4-3-5-14(27)2/h6-9,11-12,14H,3-5,10H2,1-2H3/t14-/m1/s1. The highest BCUT2D eigenvalue weighted by molar-refractivity contribution is 6.00. The number of hydrogen-bond acceptors (Lipinski definition) is 3. The molecule has 1 saturated heterocycles. The summed E-state index contributed by atoms with van der Waals surface area (Å²) < 4.78 is 41.9. The Morgan fingerprint density at radius 3 is 2.55 bits per heavy atom. The van der Waals surface area contributed by atoms with E-state index in [-0.39, 0.29) is 28.9 Å². The lowest BCUT2D eigenvalue weighted by atomic mass is 10.0. The molecule has 1 fully saturated rings. The predicted octanol–water partition coefficient (Wildman–Crippen LogP) is 4.74. The average Bonchev–Trinajstić information content (AvgIpc) is 3.11. The number of amides is 1. The van der Waals surface area contributed by atoms with Crippen LogP contribution in [0, 0.1) is 6.92 Å². The molecule has 4 rings (SSSR count). The second kappa shape index (κ2) is 7.17. The normalized spacial score (nSPS) is 17.7. The zero-order chi connectivity index (χ0) is 20.8. The number of likely N-dealkylation sites (tertiary alicyclic amines) is 1. The molecule has 2 aromatic heterocycles. The highest BCUT2D eigenvalue weighted by Gasteiger charge is 2.36. The van der Waals surface area contributed by atoms with Crippen LogP contribution in [-0.4, -0.2) is 38.0 Å². The number of aromatic nitrogens is 3.